The molecule has 0 aliphatic heterocycles. The number of hydrogen-bond donors (Lipinski definition) is 3. The van der Waals surface area contributed by atoms with Crippen LogP contribution in [0, 0.1) is 11.3 Å². The molecule has 62 valence electrons. The highest BCUT2D eigenvalue weighted by atomic mass is 31.2. The van der Waals surface area contributed by atoms with E-state index in [9.17, 15) is 9.13 Å². The lowest BCUT2D eigenvalue weighted by Gasteiger charge is -1.50. The molecule has 0 aromatic rings. The number of rotatable bonds is 2. The van der Waals surface area contributed by atoms with Crippen molar-refractivity contribution in [2.45, 2.75) is 0 Å². The second-order valence-corrected chi connectivity index (χ2v) is 2.48. The van der Waals surface area contributed by atoms with Gasteiger partial charge in [-0.3, -0.25) is 0 Å². The molecule has 0 saturated heterocycles. The molecule has 0 spiro atoms. The summed E-state index contributed by atoms with van der Waals surface area (Å²) in [6.07, 6.45) is 0. The molecule has 0 amide bonds. The summed E-state index contributed by atoms with van der Waals surface area (Å²) in [5.41, 5.74) is 0. The van der Waals surface area contributed by atoms with Crippen LogP contribution in [0.1, 0.15) is 0 Å². The molecule has 7 nitrogen and oxygen atoms in total. The molecule has 0 rings (SSSR count). The summed E-state index contributed by atoms with van der Waals surface area (Å²) in [4.78, 5) is 15.3. The van der Waals surface area contributed by atoms with E-state index in [1.807, 2.05) is 0 Å². The van der Waals surface area contributed by atoms with Crippen LogP contribution in [0.15, 0.2) is 0 Å². The maximum atomic E-state index is 9.39. The van der Waals surface area contributed by atoms with E-state index < -0.39 is 16.5 Å². The SMILES string of the molecule is N#CCO.O=[P+](O)O[P+](=O)O. The van der Waals surface area contributed by atoms with E-state index >= 15 is 0 Å². The number of aliphatic hydroxyl groups is 1. The lowest BCUT2D eigenvalue weighted by Crippen LogP contribution is -1.64. The van der Waals surface area contributed by atoms with Gasteiger partial charge in [0.1, 0.15) is 6.61 Å². The Morgan fingerprint density at radius 2 is 1.64 bits per heavy atom. The molecule has 2 unspecified atom stereocenters. The molecule has 0 saturated carbocycles. The van der Waals surface area contributed by atoms with E-state index in [1.165, 1.54) is 6.07 Å². The van der Waals surface area contributed by atoms with E-state index in [1.54, 1.807) is 0 Å². The van der Waals surface area contributed by atoms with Crippen LogP contribution in [0.3, 0.4) is 0 Å². The van der Waals surface area contributed by atoms with Crippen LogP contribution in [0.4, 0.5) is 0 Å². The minimum atomic E-state index is -2.92. The van der Waals surface area contributed by atoms with E-state index in [2.05, 4.69) is 4.31 Å². The van der Waals surface area contributed by atoms with Crippen LogP contribution in [-0.4, -0.2) is 21.5 Å². The zero-order valence-corrected chi connectivity index (χ0v) is 6.90. The van der Waals surface area contributed by atoms with Gasteiger partial charge in [0.15, 0.2) is 4.31 Å². The summed E-state index contributed by atoms with van der Waals surface area (Å²) in [6.45, 7) is -0.375. The number of aliphatic hydroxyl groups excluding tert-OH is 1. The predicted octanol–water partition coefficient (Wildman–Crippen LogP) is -0.195. The van der Waals surface area contributed by atoms with Crippen LogP contribution >= 0.6 is 16.5 Å². The molecule has 0 aromatic carbocycles. The van der Waals surface area contributed by atoms with Crippen molar-refractivity contribution in [3.63, 3.8) is 0 Å². The van der Waals surface area contributed by atoms with Crippen molar-refractivity contribution in [2.24, 2.45) is 0 Å². The Hall–Kier alpha value is -0.470. The van der Waals surface area contributed by atoms with Gasteiger partial charge in [-0.05, 0) is 0 Å². The van der Waals surface area contributed by atoms with Crippen LogP contribution in [0.2, 0.25) is 0 Å². The van der Waals surface area contributed by atoms with E-state index in [-0.39, 0.29) is 6.61 Å². The summed E-state index contributed by atoms with van der Waals surface area (Å²) in [5.74, 6) is 0. The van der Waals surface area contributed by atoms with Gasteiger partial charge < -0.3 is 5.11 Å². The Bertz CT molecular complexity index is 162. The normalized spacial score (nSPS) is 10.4. The molecular formula is C2H5NO6P2+2. The Balaban J connectivity index is 0. The molecule has 2 atom stereocenters. The third-order valence-corrected chi connectivity index (χ3v) is 1.33. The van der Waals surface area contributed by atoms with Gasteiger partial charge in [-0.25, -0.2) is 0 Å². The number of nitrogens with zero attached hydrogens (tertiary/aromatic N) is 1. The zero-order chi connectivity index (χ0) is 9.28. The van der Waals surface area contributed by atoms with Gasteiger partial charge in [0.2, 0.25) is 0 Å². The first-order chi connectivity index (χ1) is 5.04. The summed E-state index contributed by atoms with van der Waals surface area (Å²) >= 11 is 0. The largest absolute Gasteiger partial charge is 0.745 e. The van der Waals surface area contributed by atoms with Crippen LogP contribution in [0.5, 0.6) is 0 Å². The molecule has 0 radical (unpaired) electrons. The van der Waals surface area contributed by atoms with Crippen molar-refractivity contribution in [3.05, 3.63) is 0 Å². The molecule has 9 heteroatoms. The van der Waals surface area contributed by atoms with Crippen molar-refractivity contribution in [2.75, 3.05) is 6.61 Å². The van der Waals surface area contributed by atoms with Crippen LogP contribution < -0.4 is 0 Å². The van der Waals surface area contributed by atoms with Gasteiger partial charge in [-0.1, -0.05) is 0 Å². The zero-order valence-electron chi connectivity index (χ0n) is 5.12. The van der Waals surface area contributed by atoms with E-state index in [0.29, 0.717) is 0 Å². The highest BCUT2D eigenvalue weighted by Crippen LogP contribution is 2.30. The van der Waals surface area contributed by atoms with Crippen molar-refractivity contribution in [3.8, 4) is 6.07 Å². The summed E-state index contributed by atoms with van der Waals surface area (Å²) < 4.78 is 22.2. The van der Waals surface area contributed by atoms with Gasteiger partial charge in [0.25, 0.3) is 0 Å². The molecule has 11 heavy (non-hydrogen) atoms. The molecule has 0 fully saturated rings. The topological polar surface area (TPSA) is 128 Å². The molecule has 0 aliphatic rings. The van der Waals surface area contributed by atoms with Crippen molar-refractivity contribution in [1.82, 2.24) is 0 Å². The Kier molecular flexibility index (Phi) is 11.4. The predicted molar refractivity (Wildman–Crippen MR) is 33.4 cm³/mol. The molecular weight excluding hydrogens is 196 g/mol. The molecule has 0 bridgehead atoms. The Morgan fingerprint density at radius 3 is 1.64 bits per heavy atom. The van der Waals surface area contributed by atoms with Crippen LogP contribution in [0.25, 0.3) is 0 Å². The summed E-state index contributed by atoms with van der Waals surface area (Å²) in [7, 11) is -5.85. The Labute approximate surface area is 63.8 Å². The van der Waals surface area contributed by atoms with E-state index in [0.717, 1.165) is 0 Å². The molecule has 0 aliphatic carbocycles. The highest BCUT2D eigenvalue weighted by Gasteiger charge is 2.31. The lowest BCUT2D eigenvalue weighted by atomic mass is 10.9. The molecule has 0 heterocycles. The minimum Gasteiger partial charge on any atom is -0.381 e. The smallest absolute Gasteiger partial charge is 0.381 e. The fourth-order valence-electron chi connectivity index (χ4n) is 0.0598. The van der Waals surface area contributed by atoms with Gasteiger partial charge in [-0.15, -0.1) is 9.79 Å². The van der Waals surface area contributed by atoms with Gasteiger partial charge in [-0.2, -0.15) is 5.26 Å². The lowest BCUT2D eigenvalue weighted by molar-refractivity contribution is 0.348. The maximum Gasteiger partial charge on any atom is 0.745 e. The van der Waals surface area contributed by atoms with Gasteiger partial charge >= 0.3 is 16.5 Å². The summed E-state index contributed by atoms with van der Waals surface area (Å²) in [6, 6.07) is 1.49. The van der Waals surface area contributed by atoms with Gasteiger partial charge in [0, 0.05) is 9.13 Å². The second-order valence-electron chi connectivity index (χ2n) is 0.874. The van der Waals surface area contributed by atoms with Crippen molar-refractivity contribution in [1.29, 1.82) is 5.26 Å². The number of nitriles is 1. The monoisotopic (exact) mass is 201 g/mol. The second kappa shape index (κ2) is 9.53. The van der Waals surface area contributed by atoms with Crippen molar-refractivity contribution < 1.29 is 28.3 Å². The average Bonchev–Trinajstić information content (AvgIpc) is 1.85. The third-order valence-electron chi connectivity index (χ3n) is 0.210. The molecule has 3 N–H and O–H groups in total. The Morgan fingerprint density at radius 1 is 1.36 bits per heavy atom. The standard InChI is InChI=1S/C2H3NO.O5P2/c3-1-2-4;1-6(2)5-7(3)4/h4H,2H2;/p+2. The third kappa shape index (κ3) is 26.3. The van der Waals surface area contributed by atoms with Crippen molar-refractivity contribution >= 4 is 16.5 Å². The van der Waals surface area contributed by atoms with E-state index in [4.69, 9.17) is 20.2 Å². The quantitative estimate of drug-likeness (QED) is 0.416. The van der Waals surface area contributed by atoms with Gasteiger partial charge in [0.05, 0.1) is 6.07 Å². The minimum absolute atomic E-state index is 0.375. The first kappa shape index (κ1) is 13.1. The first-order valence-electron chi connectivity index (χ1n) is 2.02. The maximum absolute atomic E-state index is 9.39. The van der Waals surface area contributed by atoms with Crippen LogP contribution in [-0.2, 0) is 13.4 Å². The highest BCUT2D eigenvalue weighted by molar-refractivity contribution is 7.46. The average molecular weight is 201 g/mol. The molecule has 0 aromatic heterocycles. The number of hydrogen-bond acceptors (Lipinski definition) is 5. The first-order valence-corrected chi connectivity index (χ1v) is 4.28. The fourth-order valence-corrected chi connectivity index (χ4v) is 0.538. The summed E-state index contributed by atoms with van der Waals surface area (Å²) in [5, 5.41) is 14.9. The fraction of sp³-hybridized carbons (Fsp3) is 0.500.